The lowest BCUT2D eigenvalue weighted by Gasteiger charge is -2.12. The van der Waals surface area contributed by atoms with Crippen molar-refractivity contribution in [3.63, 3.8) is 0 Å². The molecule has 0 aliphatic carbocycles. The molecule has 0 atom stereocenters. The fourth-order valence-corrected chi connectivity index (χ4v) is 3.67. The lowest BCUT2D eigenvalue weighted by atomic mass is 9.99. The highest BCUT2D eigenvalue weighted by Gasteiger charge is 2.14. The van der Waals surface area contributed by atoms with Gasteiger partial charge in [0.25, 0.3) is 0 Å². The standard InChI is InChI=1S/C22H14Cl2OS/c23-18-11-10-14(13-19(18)24)12-17-21(15-6-2-1-3-7-15)25-20-9-5-4-8-16(20)22(17)26/h1-11,13H,12H2. The molecule has 0 amide bonds. The van der Waals surface area contributed by atoms with Gasteiger partial charge in [-0.2, -0.15) is 0 Å². The van der Waals surface area contributed by atoms with Crippen LogP contribution in [0.4, 0.5) is 0 Å². The minimum Gasteiger partial charge on any atom is -0.456 e. The summed E-state index contributed by atoms with van der Waals surface area (Å²) in [7, 11) is 0. The lowest BCUT2D eigenvalue weighted by molar-refractivity contribution is 0.613. The van der Waals surface area contributed by atoms with Gasteiger partial charge in [-0.25, -0.2) is 0 Å². The van der Waals surface area contributed by atoms with Crippen molar-refractivity contribution in [1.82, 2.24) is 0 Å². The third-order valence-electron chi connectivity index (χ3n) is 4.29. The molecule has 4 aromatic rings. The summed E-state index contributed by atoms with van der Waals surface area (Å²) < 4.78 is 7.06. The minimum absolute atomic E-state index is 0.536. The predicted octanol–water partition coefficient (Wildman–Crippen LogP) is 7.73. The maximum absolute atomic E-state index is 6.26. The van der Waals surface area contributed by atoms with Crippen LogP contribution in [-0.4, -0.2) is 0 Å². The van der Waals surface area contributed by atoms with Crippen molar-refractivity contribution in [3.05, 3.63) is 98.5 Å². The molecule has 0 aliphatic rings. The molecule has 0 bridgehead atoms. The Morgan fingerprint density at radius 2 is 1.54 bits per heavy atom. The zero-order chi connectivity index (χ0) is 18.1. The molecule has 4 heteroatoms. The number of benzene rings is 3. The van der Waals surface area contributed by atoms with Gasteiger partial charge < -0.3 is 4.42 Å². The Balaban J connectivity index is 1.95. The van der Waals surface area contributed by atoms with Crippen molar-refractivity contribution in [2.24, 2.45) is 0 Å². The molecule has 0 unspecified atom stereocenters. The summed E-state index contributed by atoms with van der Waals surface area (Å²) in [6.07, 6.45) is 0.619. The summed E-state index contributed by atoms with van der Waals surface area (Å²) in [5.74, 6) is 0.792. The van der Waals surface area contributed by atoms with E-state index in [4.69, 9.17) is 39.8 Å². The lowest BCUT2D eigenvalue weighted by Crippen LogP contribution is -1.95. The fourth-order valence-electron chi connectivity index (χ4n) is 3.02. The van der Waals surface area contributed by atoms with E-state index in [1.807, 2.05) is 72.8 Å². The van der Waals surface area contributed by atoms with Crippen LogP contribution in [0.3, 0.4) is 0 Å². The first-order valence-corrected chi connectivity index (χ1v) is 9.34. The summed E-state index contributed by atoms with van der Waals surface area (Å²) in [5.41, 5.74) is 3.80. The number of hydrogen-bond donors (Lipinski definition) is 0. The number of hydrogen-bond acceptors (Lipinski definition) is 2. The highest BCUT2D eigenvalue weighted by molar-refractivity contribution is 7.71. The van der Waals surface area contributed by atoms with E-state index < -0.39 is 0 Å². The molecule has 0 saturated carbocycles. The molecule has 0 saturated heterocycles. The van der Waals surface area contributed by atoms with E-state index in [1.165, 1.54) is 0 Å². The van der Waals surface area contributed by atoms with E-state index >= 15 is 0 Å². The van der Waals surface area contributed by atoms with Gasteiger partial charge in [0.05, 0.1) is 14.6 Å². The Hall–Kier alpha value is -2.13. The number of fused-ring (bicyclic) bond motifs is 1. The molecule has 128 valence electrons. The van der Waals surface area contributed by atoms with Gasteiger partial charge in [0.2, 0.25) is 0 Å². The first-order chi connectivity index (χ1) is 12.6. The van der Waals surface area contributed by atoms with Crippen LogP contribution in [0.25, 0.3) is 22.3 Å². The van der Waals surface area contributed by atoms with E-state index in [0.717, 1.165) is 37.9 Å². The highest BCUT2D eigenvalue weighted by atomic mass is 35.5. The molecular weight excluding hydrogens is 383 g/mol. The molecule has 3 aromatic carbocycles. The topological polar surface area (TPSA) is 13.1 Å². The molecule has 0 spiro atoms. The highest BCUT2D eigenvalue weighted by Crippen LogP contribution is 2.33. The second-order valence-electron chi connectivity index (χ2n) is 6.03. The Morgan fingerprint density at radius 1 is 0.808 bits per heavy atom. The van der Waals surface area contributed by atoms with Gasteiger partial charge in [-0.3, -0.25) is 0 Å². The maximum Gasteiger partial charge on any atom is 0.139 e. The SMILES string of the molecule is S=c1c(Cc2ccc(Cl)c(Cl)c2)c(-c2ccccc2)oc2ccccc12. The maximum atomic E-state index is 6.26. The summed E-state index contributed by atoms with van der Waals surface area (Å²) >= 11 is 18.1. The Labute approximate surface area is 166 Å². The zero-order valence-electron chi connectivity index (χ0n) is 13.7. The van der Waals surface area contributed by atoms with Gasteiger partial charge in [-0.05, 0) is 29.8 Å². The fraction of sp³-hybridized carbons (Fsp3) is 0.0455. The third kappa shape index (κ3) is 3.28. The van der Waals surface area contributed by atoms with Crippen molar-refractivity contribution < 1.29 is 4.42 Å². The second-order valence-corrected chi connectivity index (χ2v) is 7.25. The van der Waals surface area contributed by atoms with Crippen LogP contribution in [0, 0.1) is 4.51 Å². The van der Waals surface area contributed by atoms with Crippen LogP contribution in [0.5, 0.6) is 0 Å². The van der Waals surface area contributed by atoms with Gasteiger partial charge in [0.15, 0.2) is 0 Å². The molecule has 26 heavy (non-hydrogen) atoms. The summed E-state index contributed by atoms with van der Waals surface area (Å²) in [4.78, 5) is 0. The van der Waals surface area contributed by atoms with Crippen molar-refractivity contribution >= 4 is 46.4 Å². The number of halogens is 2. The van der Waals surface area contributed by atoms with Crippen LogP contribution < -0.4 is 0 Å². The smallest absolute Gasteiger partial charge is 0.139 e. The normalized spacial score (nSPS) is 11.0. The van der Waals surface area contributed by atoms with Gasteiger partial charge in [0.1, 0.15) is 11.3 Å². The molecule has 1 nitrogen and oxygen atoms in total. The van der Waals surface area contributed by atoms with E-state index in [-0.39, 0.29) is 0 Å². The molecule has 0 N–H and O–H groups in total. The number of para-hydroxylation sites is 1. The van der Waals surface area contributed by atoms with Crippen molar-refractivity contribution in [2.75, 3.05) is 0 Å². The van der Waals surface area contributed by atoms with Crippen molar-refractivity contribution in [2.45, 2.75) is 6.42 Å². The first kappa shape index (κ1) is 17.3. The van der Waals surface area contributed by atoms with E-state index in [9.17, 15) is 0 Å². The van der Waals surface area contributed by atoms with Gasteiger partial charge in [-0.1, -0.05) is 84.0 Å². The van der Waals surface area contributed by atoms with E-state index in [2.05, 4.69) is 0 Å². The summed E-state index contributed by atoms with van der Waals surface area (Å²) in [6, 6.07) is 23.5. The van der Waals surface area contributed by atoms with Gasteiger partial charge >= 0.3 is 0 Å². The van der Waals surface area contributed by atoms with Crippen molar-refractivity contribution in [1.29, 1.82) is 0 Å². The van der Waals surface area contributed by atoms with Crippen molar-refractivity contribution in [3.8, 4) is 11.3 Å². The van der Waals surface area contributed by atoms with E-state index in [1.54, 1.807) is 0 Å². The van der Waals surface area contributed by atoms with Crippen LogP contribution in [0.2, 0.25) is 10.0 Å². The Morgan fingerprint density at radius 3 is 2.31 bits per heavy atom. The monoisotopic (exact) mass is 396 g/mol. The molecule has 1 aromatic heterocycles. The Bertz CT molecular complexity index is 1150. The average molecular weight is 397 g/mol. The van der Waals surface area contributed by atoms with Gasteiger partial charge in [0, 0.05) is 22.9 Å². The molecule has 0 fully saturated rings. The molecule has 1 heterocycles. The number of rotatable bonds is 3. The first-order valence-electron chi connectivity index (χ1n) is 8.17. The van der Waals surface area contributed by atoms with Crippen LogP contribution in [-0.2, 0) is 6.42 Å². The quantitative estimate of drug-likeness (QED) is 0.328. The van der Waals surface area contributed by atoms with Gasteiger partial charge in [-0.15, -0.1) is 0 Å². The minimum atomic E-state index is 0.536. The largest absolute Gasteiger partial charge is 0.456 e. The predicted molar refractivity (Wildman–Crippen MR) is 112 cm³/mol. The average Bonchev–Trinajstić information content (AvgIpc) is 2.67. The summed E-state index contributed by atoms with van der Waals surface area (Å²) in [6.45, 7) is 0. The molecule has 4 rings (SSSR count). The van der Waals surface area contributed by atoms with Crippen LogP contribution in [0.1, 0.15) is 11.1 Å². The molecular formula is C22H14Cl2OS. The third-order valence-corrected chi connectivity index (χ3v) is 5.50. The molecule has 0 radical (unpaired) electrons. The zero-order valence-corrected chi connectivity index (χ0v) is 16.0. The second kappa shape index (κ2) is 7.24. The Kier molecular flexibility index (Phi) is 4.82. The van der Waals surface area contributed by atoms with Crippen LogP contribution >= 0.6 is 35.4 Å². The molecule has 0 aliphatic heterocycles. The van der Waals surface area contributed by atoms with Crippen LogP contribution in [0.15, 0.2) is 77.2 Å². The summed E-state index contributed by atoms with van der Waals surface area (Å²) in [5, 5.41) is 2.02. The van der Waals surface area contributed by atoms with E-state index in [0.29, 0.717) is 16.5 Å².